The average Bonchev–Trinajstić information content (AvgIpc) is 2.75. The van der Waals surface area contributed by atoms with Crippen molar-refractivity contribution in [3.8, 4) is 0 Å². The fourth-order valence-electron chi connectivity index (χ4n) is 2.97. The number of rotatable bonds is 1. The highest BCUT2D eigenvalue weighted by Gasteiger charge is 2.41. The fraction of sp³-hybridized carbons (Fsp3) is 0.571. The fourth-order valence-corrected chi connectivity index (χ4v) is 2.97. The van der Waals surface area contributed by atoms with Crippen molar-refractivity contribution in [3.05, 3.63) is 35.9 Å². The lowest BCUT2D eigenvalue weighted by atomic mass is 9.91. The Balaban J connectivity index is 0.00000108. The molecule has 0 radical (unpaired) electrons. The molecule has 0 aliphatic carbocycles. The van der Waals surface area contributed by atoms with Crippen LogP contribution in [0.3, 0.4) is 0 Å². The lowest BCUT2D eigenvalue weighted by Crippen LogP contribution is -2.45. The monoisotopic (exact) mass is 253 g/mol. The molecule has 2 atom stereocenters. The Morgan fingerprint density at radius 3 is 2.71 bits per heavy atom. The molecule has 94 valence electrons. The maximum atomic E-state index is 6.31. The molecule has 1 aromatic carbocycles. The van der Waals surface area contributed by atoms with E-state index in [0.29, 0.717) is 6.10 Å². The topological polar surface area (TPSA) is 21.3 Å². The van der Waals surface area contributed by atoms with E-state index in [1.807, 2.05) is 0 Å². The number of ether oxygens (including phenoxy) is 1. The van der Waals surface area contributed by atoms with Crippen molar-refractivity contribution in [2.75, 3.05) is 13.1 Å². The van der Waals surface area contributed by atoms with Crippen LogP contribution in [-0.2, 0) is 4.74 Å². The first-order chi connectivity index (χ1) is 7.88. The van der Waals surface area contributed by atoms with Crippen LogP contribution in [0.4, 0.5) is 0 Å². The molecule has 2 saturated heterocycles. The average molecular weight is 254 g/mol. The zero-order valence-electron chi connectivity index (χ0n) is 10.0. The minimum absolute atomic E-state index is 0. The van der Waals surface area contributed by atoms with Crippen LogP contribution in [0.25, 0.3) is 0 Å². The van der Waals surface area contributed by atoms with Gasteiger partial charge in [0.25, 0.3) is 0 Å². The Labute approximate surface area is 109 Å². The lowest BCUT2D eigenvalue weighted by Gasteiger charge is -2.34. The normalized spacial score (nSPS) is 32.4. The molecule has 1 spiro atoms. The second-order valence-electron chi connectivity index (χ2n) is 5.02. The van der Waals surface area contributed by atoms with Gasteiger partial charge in [0.2, 0.25) is 0 Å². The quantitative estimate of drug-likeness (QED) is 0.831. The minimum Gasteiger partial charge on any atom is -0.366 e. The first-order valence-corrected chi connectivity index (χ1v) is 6.32. The molecule has 0 aromatic heterocycles. The van der Waals surface area contributed by atoms with Crippen LogP contribution in [0.15, 0.2) is 30.3 Å². The van der Waals surface area contributed by atoms with E-state index in [1.54, 1.807) is 0 Å². The standard InChI is InChI=1S/C14H19NO.ClH/c1-2-5-12(6-3-1)13-7-9-14(16-13)8-4-10-15-11-14;/h1-3,5-6,13,15H,4,7-11H2;1H. The van der Waals surface area contributed by atoms with E-state index in [0.717, 1.165) is 13.1 Å². The Hall–Kier alpha value is -0.570. The van der Waals surface area contributed by atoms with Gasteiger partial charge >= 0.3 is 0 Å². The van der Waals surface area contributed by atoms with E-state index in [-0.39, 0.29) is 18.0 Å². The van der Waals surface area contributed by atoms with Gasteiger partial charge in [-0.25, -0.2) is 0 Å². The largest absolute Gasteiger partial charge is 0.366 e. The van der Waals surface area contributed by atoms with Gasteiger partial charge in [-0.1, -0.05) is 30.3 Å². The van der Waals surface area contributed by atoms with Crippen molar-refractivity contribution < 1.29 is 4.74 Å². The Bertz CT molecular complexity index is 348. The molecule has 1 aromatic rings. The molecule has 0 saturated carbocycles. The van der Waals surface area contributed by atoms with E-state index in [1.165, 1.54) is 31.2 Å². The summed E-state index contributed by atoms with van der Waals surface area (Å²) in [6.07, 6.45) is 5.18. The smallest absolute Gasteiger partial charge is 0.0834 e. The second kappa shape index (κ2) is 5.38. The van der Waals surface area contributed by atoms with Crippen LogP contribution in [0, 0.1) is 0 Å². The molecule has 2 fully saturated rings. The summed E-state index contributed by atoms with van der Waals surface area (Å²) >= 11 is 0. The maximum absolute atomic E-state index is 6.31. The minimum atomic E-state index is 0. The van der Waals surface area contributed by atoms with Gasteiger partial charge in [0, 0.05) is 6.54 Å². The van der Waals surface area contributed by atoms with Gasteiger partial charge in [-0.3, -0.25) is 0 Å². The van der Waals surface area contributed by atoms with E-state index in [2.05, 4.69) is 35.6 Å². The lowest BCUT2D eigenvalue weighted by molar-refractivity contribution is -0.0558. The summed E-state index contributed by atoms with van der Waals surface area (Å²) in [6.45, 7) is 2.19. The first kappa shape index (κ1) is 12.9. The number of hydrogen-bond donors (Lipinski definition) is 1. The molecule has 17 heavy (non-hydrogen) atoms. The van der Waals surface area contributed by atoms with Crippen molar-refractivity contribution in [2.24, 2.45) is 0 Å². The van der Waals surface area contributed by atoms with Crippen LogP contribution in [0.2, 0.25) is 0 Å². The van der Waals surface area contributed by atoms with Crippen LogP contribution in [-0.4, -0.2) is 18.7 Å². The van der Waals surface area contributed by atoms with Gasteiger partial charge in [0.15, 0.2) is 0 Å². The van der Waals surface area contributed by atoms with Crippen molar-refractivity contribution in [1.29, 1.82) is 0 Å². The van der Waals surface area contributed by atoms with Crippen LogP contribution in [0.5, 0.6) is 0 Å². The summed E-state index contributed by atoms with van der Waals surface area (Å²) in [7, 11) is 0. The van der Waals surface area contributed by atoms with Gasteiger partial charge in [0.05, 0.1) is 11.7 Å². The number of benzene rings is 1. The van der Waals surface area contributed by atoms with Crippen LogP contribution < -0.4 is 5.32 Å². The van der Waals surface area contributed by atoms with Gasteiger partial charge in [-0.2, -0.15) is 0 Å². The van der Waals surface area contributed by atoms with E-state index in [9.17, 15) is 0 Å². The third-order valence-electron chi connectivity index (χ3n) is 3.86. The zero-order valence-corrected chi connectivity index (χ0v) is 10.8. The summed E-state index contributed by atoms with van der Waals surface area (Å²) < 4.78 is 6.31. The Morgan fingerprint density at radius 2 is 2.00 bits per heavy atom. The van der Waals surface area contributed by atoms with E-state index in [4.69, 9.17) is 4.74 Å². The first-order valence-electron chi connectivity index (χ1n) is 6.32. The molecule has 0 amide bonds. The molecule has 2 aliphatic rings. The number of halogens is 1. The zero-order chi connectivity index (χ0) is 10.8. The number of nitrogens with one attached hydrogen (secondary N) is 1. The van der Waals surface area contributed by atoms with Crippen LogP contribution >= 0.6 is 12.4 Å². The molecule has 1 N–H and O–H groups in total. The van der Waals surface area contributed by atoms with E-state index >= 15 is 0 Å². The third kappa shape index (κ3) is 2.65. The van der Waals surface area contributed by atoms with Crippen LogP contribution in [0.1, 0.15) is 37.4 Å². The molecule has 2 nitrogen and oxygen atoms in total. The van der Waals surface area contributed by atoms with Crippen molar-refractivity contribution in [3.63, 3.8) is 0 Å². The second-order valence-corrected chi connectivity index (χ2v) is 5.02. The third-order valence-corrected chi connectivity index (χ3v) is 3.86. The molecule has 2 unspecified atom stereocenters. The molecule has 3 heteroatoms. The summed E-state index contributed by atoms with van der Waals surface area (Å²) in [5, 5.41) is 3.46. The predicted molar refractivity (Wildman–Crippen MR) is 71.6 cm³/mol. The highest BCUT2D eigenvalue weighted by atomic mass is 35.5. The Kier molecular flexibility index (Phi) is 4.08. The van der Waals surface area contributed by atoms with Crippen molar-refractivity contribution in [2.45, 2.75) is 37.4 Å². The number of hydrogen-bond acceptors (Lipinski definition) is 2. The van der Waals surface area contributed by atoms with Gasteiger partial charge in [-0.15, -0.1) is 12.4 Å². The predicted octanol–water partition coefficient (Wildman–Crippen LogP) is 3.08. The maximum Gasteiger partial charge on any atom is 0.0834 e. The van der Waals surface area contributed by atoms with Crippen molar-refractivity contribution >= 4 is 12.4 Å². The number of piperidine rings is 1. The molecular formula is C14H20ClNO. The van der Waals surface area contributed by atoms with Crippen molar-refractivity contribution in [1.82, 2.24) is 5.32 Å². The van der Waals surface area contributed by atoms with Gasteiger partial charge < -0.3 is 10.1 Å². The highest BCUT2D eigenvalue weighted by molar-refractivity contribution is 5.85. The summed E-state index contributed by atoms with van der Waals surface area (Å²) in [4.78, 5) is 0. The van der Waals surface area contributed by atoms with E-state index < -0.39 is 0 Å². The molecule has 2 heterocycles. The SMILES string of the molecule is Cl.c1ccc(C2CCC3(CCCNC3)O2)cc1. The molecule has 2 aliphatic heterocycles. The molecule has 3 rings (SSSR count). The van der Waals surface area contributed by atoms with Gasteiger partial charge in [0.1, 0.15) is 0 Å². The summed E-state index contributed by atoms with van der Waals surface area (Å²) in [5.74, 6) is 0. The molecule has 0 bridgehead atoms. The highest BCUT2D eigenvalue weighted by Crippen LogP contribution is 2.42. The molecular weight excluding hydrogens is 234 g/mol. The summed E-state index contributed by atoms with van der Waals surface area (Å²) in [6, 6.07) is 10.6. The van der Waals surface area contributed by atoms with Gasteiger partial charge in [-0.05, 0) is 37.8 Å². The summed E-state index contributed by atoms with van der Waals surface area (Å²) in [5.41, 5.74) is 1.48. The Morgan fingerprint density at radius 1 is 1.18 bits per heavy atom.